The molecule has 28 heavy (non-hydrogen) atoms. The van der Waals surface area contributed by atoms with Gasteiger partial charge in [-0.25, -0.2) is 0 Å². The van der Waals surface area contributed by atoms with Crippen molar-refractivity contribution in [3.8, 4) is 0 Å². The number of carbonyl (C=O) groups excluding carboxylic acids is 3. The van der Waals surface area contributed by atoms with Crippen LogP contribution in [0.4, 0.5) is 0 Å². The summed E-state index contributed by atoms with van der Waals surface area (Å²) in [6.07, 6.45) is 2.25. The average Bonchev–Trinajstić information content (AvgIpc) is 2.97. The molecule has 1 saturated heterocycles. The Kier molecular flexibility index (Phi) is 10.8. The molecule has 156 valence electrons. The fraction of sp³-hybridized carbons (Fsp3) is 0.750. The molecule has 3 amide bonds. The maximum absolute atomic E-state index is 12.1. The molecule has 0 aromatic rings. The topological polar surface area (TPSA) is 173 Å². The Morgan fingerprint density at radius 1 is 1.18 bits per heavy atom. The van der Waals surface area contributed by atoms with Gasteiger partial charge in [-0.3, -0.25) is 19.2 Å². The van der Waals surface area contributed by atoms with Gasteiger partial charge in [0, 0.05) is 42.2 Å². The van der Waals surface area contributed by atoms with Crippen molar-refractivity contribution in [2.75, 3.05) is 18.8 Å². The van der Waals surface area contributed by atoms with Gasteiger partial charge in [0.1, 0.15) is 6.54 Å². The highest BCUT2D eigenvalue weighted by Crippen LogP contribution is 2.31. The number of hydrogen-bond donors (Lipinski definition) is 4. The summed E-state index contributed by atoms with van der Waals surface area (Å²) in [6, 6.07) is -0.458. The van der Waals surface area contributed by atoms with Crippen molar-refractivity contribution >= 4 is 35.5 Å². The van der Waals surface area contributed by atoms with Gasteiger partial charge in [-0.2, -0.15) is 11.8 Å². The molecule has 1 fully saturated rings. The van der Waals surface area contributed by atoms with Crippen LogP contribution < -0.4 is 16.0 Å². The average molecular weight is 414 g/mol. The molecule has 0 aliphatic carbocycles. The highest BCUT2D eigenvalue weighted by atomic mass is 32.2. The summed E-state index contributed by atoms with van der Waals surface area (Å²) < 4.78 is 0. The van der Waals surface area contributed by atoms with Gasteiger partial charge in [-0.15, -0.1) is 0 Å². The molecule has 11 nitrogen and oxygen atoms in total. The van der Waals surface area contributed by atoms with Crippen LogP contribution in [0, 0.1) is 0 Å². The van der Waals surface area contributed by atoms with Gasteiger partial charge in [0.2, 0.25) is 17.7 Å². The van der Waals surface area contributed by atoms with E-state index in [1.807, 2.05) is 0 Å². The molecule has 0 aromatic carbocycles. The fourth-order valence-electron chi connectivity index (χ4n) is 2.88. The number of carboxylic acid groups (broad SMARTS) is 1. The number of hydrogen-bond acceptors (Lipinski definition) is 6. The lowest BCUT2D eigenvalue weighted by Crippen LogP contribution is -2.53. The molecule has 12 heteroatoms. The van der Waals surface area contributed by atoms with E-state index in [2.05, 4.69) is 26.0 Å². The Morgan fingerprint density at radius 3 is 2.57 bits per heavy atom. The Morgan fingerprint density at radius 2 is 1.93 bits per heavy atom. The summed E-state index contributed by atoms with van der Waals surface area (Å²) >= 11 is 1.65. The van der Waals surface area contributed by atoms with Crippen LogP contribution in [0.5, 0.6) is 0 Å². The Bertz CT molecular complexity index is 625. The predicted molar refractivity (Wildman–Crippen MR) is 104 cm³/mol. The minimum atomic E-state index is -0.825. The van der Waals surface area contributed by atoms with Gasteiger partial charge in [0.15, 0.2) is 0 Å². The van der Waals surface area contributed by atoms with E-state index in [9.17, 15) is 19.2 Å². The smallest absolute Gasteiger partial charge is 0.303 e. The molecule has 0 bridgehead atoms. The van der Waals surface area contributed by atoms with Crippen LogP contribution in [-0.2, 0) is 19.2 Å². The van der Waals surface area contributed by atoms with E-state index >= 15 is 0 Å². The SMILES string of the molecule is CC(=O)NC1C(NC(=O)CCNC(=O)CN=[N+]=[N-])CSC1CCCCC(=O)O. The monoisotopic (exact) mass is 414 g/mol. The number of nitrogens with zero attached hydrogens (tertiary/aromatic N) is 3. The van der Waals surface area contributed by atoms with Crippen molar-refractivity contribution in [3.05, 3.63) is 10.4 Å². The molecular weight excluding hydrogens is 388 g/mol. The first-order valence-electron chi connectivity index (χ1n) is 9.01. The third kappa shape index (κ3) is 9.47. The van der Waals surface area contributed by atoms with Crippen LogP contribution in [-0.4, -0.2) is 65.0 Å². The third-order valence-corrected chi connectivity index (χ3v) is 5.63. The van der Waals surface area contributed by atoms with Crippen molar-refractivity contribution in [1.29, 1.82) is 0 Å². The van der Waals surface area contributed by atoms with Gasteiger partial charge in [-0.1, -0.05) is 11.5 Å². The number of unbranched alkanes of at least 4 members (excludes halogenated alkanes) is 1. The van der Waals surface area contributed by atoms with E-state index < -0.39 is 11.9 Å². The molecular formula is C16H26N6O5S. The second-order valence-corrected chi connectivity index (χ2v) is 7.67. The van der Waals surface area contributed by atoms with Crippen LogP contribution in [0.15, 0.2) is 5.11 Å². The van der Waals surface area contributed by atoms with E-state index in [4.69, 9.17) is 10.6 Å². The van der Waals surface area contributed by atoms with E-state index in [0.717, 1.165) is 12.8 Å². The second kappa shape index (κ2) is 12.8. The first-order chi connectivity index (χ1) is 13.3. The first-order valence-corrected chi connectivity index (χ1v) is 10.1. The summed E-state index contributed by atoms with van der Waals surface area (Å²) in [5.41, 5.74) is 8.15. The molecule has 0 aromatic heterocycles. The minimum Gasteiger partial charge on any atom is -0.481 e. The lowest BCUT2D eigenvalue weighted by Gasteiger charge is -2.25. The Labute approximate surface area is 167 Å². The minimum absolute atomic E-state index is 0.0687. The lowest BCUT2D eigenvalue weighted by molar-refractivity contribution is -0.137. The van der Waals surface area contributed by atoms with Crippen LogP contribution >= 0.6 is 11.8 Å². The van der Waals surface area contributed by atoms with Crippen LogP contribution in [0.25, 0.3) is 10.4 Å². The van der Waals surface area contributed by atoms with Gasteiger partial charge in [-0.05, 0) is 18.4 Å². The van der Waals surface area contributed by atoms with Crippen LogP contribution in [0.3, 0.4) is 0 Å². The number of carbonyl (C=O) groups is 4. The van der Waals surface area contributed by atoms with Crippen molar-refractivity contribution < 1.29 is 24.3 Å². The Balaban J connectivity index is 2.45. The number of thioether (sulfide) groups is 1. The molecule has 3 unspecified atom stereocenters. The van der Waals surface area contributed by atoms with Gasteiger partial charge in [0.05, 0.1) is 12.1 Å². The maximum Gasteiger partial charge on any atom is 0.303 e. The lowest BCUT2D eigenvalue weighted by atomic mass is 10.0. The van der Waals surface area contributed by atoms with Crippen molar-refractivity contribution in [2.24, 2.45) is 5.11 Å². The third-order valence-electron chi connectivity index (χ3n) is 4.12. The van der Waals surface area contributed by atoms with Crippen LogP contribution in [0.1, 0.15) is 39.0 Å². The van der Waals surface area contributed by atoms with E-state index in [1.54, 1.807) is 11.8 Å². The molecule has 1 aliphatic rings. The normalized spacial score (nSPS) is 20.7. The largest absolute Gasteiger partial charge is 0.481 e. The summed E-state index contributed by atoms with van der Waals surface area (Å²) in [4.78, 5) is 48.1. The van der Waals surface area contributed by atoms with E-state index in [0.29, 0.717) is 12.2 Å². The summed E-state index contributed by atoms with van der Waals surface area (Å²) in [5, 5.41) is 20.2. The molecule has 1 rings (SSSR count). The Hall–Kier alpha value is -2.46. The van der Waals surface area contributed by atoms with Crippen molar-refractivity contribution in [3.63, 3.8) is 0 Å². The van der Waals surface area contributed by atoms with E-state index in [-0.39, 0.29) is 55.1 Å². The molecule has 4 N–H and O–H groups in total. The first kappa shape index (κ1) is 23.6. The second-order valence-electron chi connectivity index (χ2n) is 6.40. The number of azide groups is 1. The molecule has 0 saturated carbocycles. The summed E-state index contributed by atoms with van der Waals surface area (Å²) in [5.74, 6) is -1.08. The standard InChI is InChI=1S/C16H26N6O5S/c1-10(23)20-16-11(9-28-12(16)4-2-3-5-15(26)27)21-13(24)6-7-18-14(25)8-19-22-17/h11-12,16H,2-9H2,1H3,(H,18,25)(H,20,23)(H,21,24)(H,26,27). The maximum atomic E-state index is 12.1. The molecule has 1 heterocycles. The molecule has 3 atom stereocenters. The van der Waals surface area contributed by atoms with Gasteiger partial charge < -0.3 is 21.1 Å². The zero-order valence-corrected chi connectivity index (χ0v) is 16.5. The summed E-state index contributed by atoms with van der Waals surface area (Å²) in [7, 11) is 0. The van der Waals surface area contributed by atoms with Gasteiger partial charge in [0.25, 0.3) is 0 Å². The van der Waals surface area contributed by atoms with Crippen molar-refractivity contribution in [2.45, 2.75) is 56.4 Å². The highest BCUT2D eigenvalue weighted by molar-refractivity contribution is 8.00. The molecule has 1 aliphatic heterocycles. The zero-order valence-electron chi connectivity index (χ0n) is 15.7. The molecule has 0 radical (unpaired) electrons. The highest BCUT2D eigenvalue weighted by Gasteiger charge is 2.37. The van der Waals surface area contributed by atoms with Crippen LogP contribution in [0.2, 0.25) is 0 Å². The number of amides is 3. The number of nitrogens with one attached hydrogen (secondary N) is 3. The number of aliphatic carboxylic acids is 1. The fourth-order valence-corrected chi connectivity index (χ4v) is 4.43. The van der Waals surface area contributed by atoms with Gasteiger partial charge >= 0.3 is 5.97 Å². The quantitative estimate of drug-likeness (QED) is 0.157. The molecule has 0 spiro atoms. The summed E-state index contributed by atoms with van der Waals surface area (Å²) in [6.45, 7) is 1.23. The number of carboxylic acids is 1. The van der Waals surface area contributed by atoms with Crippen molar-refractivity contribution in [1.82, 2.24) is 16.0 Å². The van der Waals surface area contributed by atoms with E-state index in [1.165, 1.54) is 6.92 Å². The predicted octanol–water partition coefficient (Wildman–Crippen LogP) is 0.553. The zero-order chi connectivity index (χ0) is 20.9. The number of rotatable bonds is 12.